The maximum atomic E-state index is 12.1. The molecule has 0 aliphatic rings. The van der Waals surface area contributed by atoms with Crippen LogP contribution in [0.1, 0.15) is 24.1 Å². The van der Waals surface area contributed by atoms with Gasteiger partial charge in [-0.3, -0.25) is 9.52 Å². The maximum absolute atomic E-state index is 12.1. The predicted molar refractivity (Wildman–Crippen MR) is 105 cm³/mol. The Labute approximate surface area is 156 Å². The fourth-order valence-corrected chi connectivity index (χ4v) is 3.18. The third-order valence-corrected chi connectivity index (χ3v) is 4.42. The van der Waals surface area contributed by atoms with Crippen molar-refractivity contribution in [2.45, 2.75) is 13.0 Å². The van der Waals surface area contributed by atoms with Crippen molar-refractivity contribution in [3.8, 4) is 0 Å². The summed E-state index contributed by atoms with van der Waals surface area (Å²) in [7, 11) is -3.34. The summed E-state index contributed by atoms with van der Waals surface area (Å²) in [6.45, 7) is 1.84. The van der Waals surface area contributed by atoms with E-state index in [0.717, 1.165) is 21.9 Å². The van der Waals surface area contributed by atoms with Gasteiger partial charge in [-0.25, -0.2) is 8.42 Å². The van der Waals surface area contributed by atoms with E-state index < -0.39 is 10.0 Å². The van der Waals surface area contributed by atoms with Crippen molar-refractivity contribution in [2.75, 3.05) is 11.0 Å². The number of hydrogen-bond donors (Lipinski definition) is 2. The van der Waals surface area contributed by atoms with Crippen LogP contribution in [-0.2, 0) is 14.8 Å². The molecule has 25 heavy (non-hydrogen) atoms. The van der Waals surface area contributed by atoms with Gasteiger partial charge >= 0.3 is 0 Å². The van der Waals surface area contributed by atoms with E-state index in [0.29, 0.717) is 5.69 Å². The molecule has 2 aromatic carbocycles. The molecule has 7 heteroatoms. The minimum absolute atomic E-state index is 0.228. The molecule has 0 fully saturated rings. The topological polar surface area (TPSA) is 75.3 Å². The zero-order chi connectivity index (χ0) is 18.4. The molecule has 2 rings (SSSR count). The zero-order valence-electron chi connectivity index (χ0n) is 13.9. The molecule has 5 nitrogen and oxygen atoms in total. The Morgan fingerprint density at radius 3 is 2.56 bits per heavy atom. The molecule has 0 saturated heterocycles. The number of rotatable bonds is 6. The van der Waals surface area contributed by atoms with Gasteiger partial charge in [0, 0.05) is 16.2 Å². The Balaban J connectivity index is 2.02. The second kappa shape index (κ2) is 8.31. The molecular weight excluding hydrogens is 404 g/mol. The molecular formula is C18H19BrN2O3S. The SMILES string of the molecule is CC(NC(=O)C=Cc1cccc(Br)c1)c1cccc(NS(C)(=O)=O)c1. The van der Waals surface area contributed by atoms with Crippen LogP contribution in [0, 0.1) is 0 Å². The Hall–Kier alpha value is -2.12. The van der Waals surface area contributed by atoms with Gasteiger partial charge in [0.05, 0.1) is 12.3 Å². The van der Waals surface area contributed by atoms with Crippen molar-refractivity contribution >= 4 is 43.6 Å². The lowest BCUT2D eigenvalue weighted by molar-refractivity contribution is -0.117. The van der Waals surface area contributed by atoms with E-state index in [1.165, 1.54) is 6.08 Å². The summed E-state index contributed by atoms with van der Waals surface area (Å²) >= 11 is 3.38. The number of nitrogens with one attached hydrogen (secondary N) is 2. The summed E-state index contributed by atoms with van der Waals surface area (Å²) in [5, 5.41) is 2.86. The van der Waals surface area contributed by atoms with Crippen LogP contribution in [0.4, 0.5) is 5.69 Å². The second-order valence-electron chi connectivity index (χ2n) is 5.62. The molecule has 0 spiro atoms. The highest BCUT2D eigenvalue weighted by Crippen LogP contribution is 2.18. The quantitative estimate of drug-likeness (QED) is 0.696. The number of benzene rings is 2. The summed E-state index contributed by atoms with van der Waals surface area (Å²) in [5.41, 5.74) is 2.18. The van der Waals surface area contributed by atoms with E-state index in [4.69, 9.17) is 0 Å². The summed E-state index contributed by atoms with van der Waals surface area (Å²) < 4.78 is 26.0. The van der Waals surface area contributed by atoms with Crippen molar-refractivity contribution < 1.29 is 13.2 Å². The Kier molecular flexibility index (Phi) is 6.39. The third kappa shape index (κ3) is 6.72. The van der Waals surface area contributed by atoms with Gasteiger partial charge in [-0.05, 0) is 48.4 Å². The molecule has 0 aliphatic carbocycles. The van der Waals surface area contributed by atoms with E-state index in [1.54, 1.807) is 24.3 Å². The number of carbonyl (C=O) groups excluding carboxylic acids is 1. The number of carbonyl (C=O) groups is 1. The Morgan fingerprint density at radius 2 is 1.88 bits per heavy atom. The van der Waals surface area contributed by atoms with E-state index in [2.05, 4.69) is 26.0 Å². The molecule has 0 aliphatic heterocycles. The van der Waals surface area contributed by atoms with Gasteiger partial charge in [0.1, 0.15) is 0 Å². The standard InChI is InChI=1S/C18H19BrN2O3S/c1-13(15-6-4-8-17(12-15)21-25(2,23)24)20-18(22)10-9-14-5-3-7-16(19)11-14/h3-13,21H,1-2H3,(H,20,22). The number of halogens is 1. The van der Waals surface area contributed by atoms with Crippen LogP contribution in [0.3, 0.4) is 0 Å². The van der Waals surface area contributed by atoms with Crippen molar-refractivity contribution in [3.63, 3.8) is 0 Å². The van der Waals surface area contributed by atoms with Crippen LogP contribution in [0.25, 0.3) is 6.08 Å². The van der Waals surface area contributed by atoms with Crippen molar-refractivity contribution in [3.05, 3.63) is 70.2 Å². The number of anilines is 1. The molecule has 1 unspecified atom stereocenters. The molecule has 0 saturated carbocycles. The normalized spacial score (nSPS) is 12.8. The van der Waals surface area contributed by atoms with Gasteiger partial charge in [-0.1, -0.05) is 40.2 Å². The molecule has 2 aromatic rings. The van der Waals surface area contributed by atoms with E-state index in [9.17, 15) is 13.2 Å². The van der Waals surface area contributed by atoms with Gasteiger partial charge in [0.2, 0.25) is 15.9 Å². The van der Waals surface area contributed by atoms with Gasteiger partial charge in [-0.2, -0.15) is 0 Å². The minimum Gasteiger partial charge on any atom is -0.346 e. The number of amides is 1. The highest BCUT2D eigenvalue weighted by molar-refractivity contribution is 9.10. The van der Waals surface area contributed by atoms with Crippen molar-refractivity contribution in [1.29, 1.82) is 0 Å². The van der Waals surface area contributed by atoms with Crippen LogP contribution < -0.4 is 10.0 Å². The van der Waals surface area contributed by atoms with E-state index in [1.807, 2.05) is 37.3 Å². The van der Waals surface area contributed by atoms with Crippen LogP contribution >= 0.6 is 15.9 Å². The fraction of sp³-hybridized carbons (Fsp3) is 0.167. The molecule has 0 radical (unpaired) electrons. The first-order valence-corrected chi connectivity index (χ1v) is 10.2. The summed E-state index contributed by atoms with van der Waals surface area (Å²) in [6.07, 6.45) is 4.29. The zero-order valence-corrected chi connectivity index (χ0v) is 16.3. The van der Waals surface area contributed by atoms with Crippen LogP contribution in [0.2, 0.25) is 0 Å². The molecule has 1 amide bonds. The molecule has 0 aromatic heterocycles. The summed E-state index contributed by atoms with van der Waals surface area (Å²) in [4.78, 5) is 12.1. The number of sulfonamides is 1. The number of hydrogen-bond acceptors (Lipinski definition) is 3. The largest absolute Gasteiger partial charge is 0.346 e. The monoisotopic (exact) mass is 422 g/mol. The van der Waals surface area contributed by atoms with Gasteiger partial charge in [-0.15, -0.1) is 0 Å². The summed E-state index contributed by atoms with van der Waals surface area (Å²) in [5.74, 6) is -0.228. The average molecular weight is 423 g/mol. The highest BCUT2D eigenvalue weighted by atomic mass is 79.9. The second-order valence-corrected chi connectivity index (χ2v) is 8.28. The molecule has 2 N–H and O–H groups in total. The Bertz CT molecular complexity index is 895. The average Bonchev–Trinajstić information content (AvgIpc) is 2.51. The lowest BCUT2D eigenvalue weighted by Crippen LogP contribution is -2.24. The first kappa shape index (κ1) is 19.2. The van der Waals surface area contributed by atoms with Gasteiger partial charge < -0.3 is 5.32 Å². The first-order chi connectivity index (χ1) is 11.7. The molecule has 0 bridgehead atoms. The summed E-state index contributed by atoms with van der Waals surface area (Å²) in [6, 6.07) is 14.3. The minimum atomic E-state index is -3.34. The molecule has 0 heterocycles. The van der Waals surface area contributed by atoms with Crippen LogP contribution in [0.15, 0.2) is 59.1 Å². The Morgan fingerprint density at radius 1 is 1.16 bits per heavy atom. The van der Waals surface area contributed by atoms with Crippen LogP contribution in [0.5, 0.6) is 0 Å². The van der Waals surface area contributed by atoms with Crippen molar-refractivity contribution in [1.82, 2.24) is 5.32 Å². The van der Waals surface area contributed by atoms with E-state index in [-0.39, 0.29) is 11.9 Å². The van der Waals surface area contributed by atoms with Crippen molar-refractivity contribution in [2.24, 2.45) is 0 Å². The lowest BCUT2D eigenvalue weighted by Gasteiger charge is -2.14. The van der Waals surface area contributed by atoms with Gasteiger partial charge in [0.15, 0.2) is 0 Å². The molecule has 132 valence electrons. The maximum Gasteiger partial charge on any atom is 0.244 e. The van der Waals surface area contributed by atoms with Gasteiger partial charge in [0.25, 0.3) is 0 Å². The smallest absolute Gasteiger partial charge is 0.244 e. The first-order valence-electron chi connectivity index (χ1n) is 7.55. The van der Waals surface area contributed by atoms with Crippen LogP contribution in [-0.4, -0.2) is 20.6 Å². The lowest BCUT2D eigenvalue weighted by atomic mass is 10.1. The van der Waals surface area contributed by atoms with E-state index >= 15 is 0 Å². The third-order valence-electron chi connectivity index (χ3n) is 3.32. The highest BCUT2D eigenvalue weighted by Gasteiger charge is 2.09. The predicted octanol–water partition coefficient (Wildman–Crippen LogP) is 3.71. The molecule has 1 atom stereocenters. The fourth-order valence-electron chi connectivity index (χ4n) is 2.21.